The third kappa shape index (κ3) is 2.66. The Labute approximate surface area is 80.7 Å². The highest BCUT2D eigenvalue weighted by Crippen LogP contribution is 2.23. The quantitative estimate of drug-likeness (QED) is 0.660. The molecule has 1 fully saturated rings. The van der Waals surface area contributed by atoms with Gasteiger partial charge in [0.15, 0.2) is 0 Å². The second-order valence-electron chi connectivity index (χ2n) is 4.09. The zero-order chi connectivity index (χ0) is 10.0. The predicted octanol–water partition coefficient (Wildman–Crippen LogP) is 1.21. The van der Waals surface area contributed by atoms with E-state index in [1.807, 2.05) is 11.9 Å². The molecule has 1 aliphatic rings. The van der Waals surface area contributed by atoms with E-state index in [1.165, 1.54) is 0 Å². The molecule has 3 nitrogen and oxygen atoms in total. The monoisotopic (exact) mass is 187 g/mol. The highest BCUT2D eigenvalue weighted by atomic mass is 16.5. The molecule has 0 aromatic rings. The lowest BCUT2D eigenvalue weighted by atomic mass is 9.99. The maximum atomic E-state index is 9.43. The minimum absolute atomic E-state index is 0.225. The van der Waals surface area contributed by atoms with Crippen molar-refractivity contribution in [2.24, 2.45) is 0 Å². The maximum Gasteiger partial charge on any atom is 0.104 e. The van der Waals surface area contributed by atoms with E-state index in [4.69, 9.17) is 4.74 Å². The van der Waals surface area contributed by atoms with E-state index in [-0.39, 0.29) is 12.3 Å². The third-order valence-electron chi connectivity index (χ3n) is 2.97. The third-order valence-corrected chi connectivity index (χ3v) is 2.97. The van der Waals surface area contributed by atoms with Crippen molar-refractivity contribution >= 4 is 0 Å². The molecule has 2 unspecified atom stereocenters. The average molecular weight is 187 g/mol. The Hall–Kier alpha value is -0.120. The highest BCUT2D eigenvalue weighted by Gasteiger charge is 2.30. The fourth-order valence-corrected chi connectivity index (χ4v) is 1.98. The summed E-state index contributed by atoms with van der Waals surface area (Å²) < 4.78 is 5.72. The first-order valence-corrected chi connectivity index (χ1v) is 5.08. The van der Waals surface area contributed by atoms with Gasteiger partial charge in [-0.2, -0.15) is 0 Å². The van der Waals surface area contributed by atoms with E-state index >= 15 is 0 Å². The van der Waals surface area contributed by atoms with Crippen LogP contribution in [0.1, 0.15) is 33.6 Å². The summed E-state index contributed by atoms with van der Waals surface area (Å²) in [6.45, 7) is 5.99. The van der Waals surface area contributed by atoms with Gasteiger partial charge in [0.05, 0.1) is 12.2 Å². The predicted molar refractivity (Wildman–Crippen MR) is 52.5 cm³/mol. The first kappa shape index (κ1) is 11.0. The van der Waals surface area contributed by atoms with E-state index < -0.39 is 0 Å². The number of aliphatic hydroxyl groups excluding tert-OH is 1. The fraction of sp³-hybridized carbons (Fsp3) is 1.00. The normalized spacial score (nSPS) is 37.8. The number of aliphatic hydroxyl groups is 1. The van der Waals surface area contributed by atoms with Gasteiger partial charge in [0, 0.05) is 6.04 Å². The standard InChI is InChI=1S/C10H21NO2/c1-7-5-6-10(8(2)13-7)11(4)9(3)12/h7-10,12H,5-6H2,1-4H3/t7-,8+,9?,10?/m0/s1. The fourth-order valence-electron chi connectivity index (χ4n) is 1.98. The molecular formula is C10H21NO2. The van der Waals surface area contributed by atoms with Gasteiger partial charge in [0.25, 0.3) is 0 Å². The molecule has 1 heterocycles. The lowest BCUT2D eigenvalue weighted by Crippen LogP contribution is -2.49. The van der Waals surface area contributed by atoms with E-state index in [0.717, 1.165) is 12.8 Å². The molecule has 0 aromatic heterocycles. The van der Waals surface area contributed by atoms with Gasteiger partial charge in [-0.05, 0) is 40.7 Å². The van der Waals surface area contributed by atoms with E-state index in [9.17, 15) is 5.11 Å². The van der Waals surface area contributed by atoms with E-state index in [0.29, 0.717) is 12.1 Å². The summed E-state index contributed by atoms with van der Waals surface area (Å²) in [5.41, 5.74) is 0. The van der Waals surface area contributed by atoms with Crippen LogP contribution in [-0.2, 0) is 4.74 Å². The second-order valence-corrected chi connectivity index (χ2v) is 4.09. The summed E-state index contributed by atoms with van der Waals surface area (Å²) in [5.74, 6) is 0. The zero-order valence-electron chi connectivity index (χ0n) is 9.03. The molecule has 1 aliphatic heterocycles. The van der Waals surface area contributed by atoms with Crippen molar-refractivity contribution in [3.8, 4) is 0 Å². The molecule has 0 saturated carbocycles. The maximum absolute atomic E-state index is 9.43. The minimum Gasteiger partial charge on any atom is -0.379 e. The molecule has 78 valence electrons. The number of nitrogens with zero attached hydrogens (tertiary/aromatic N) is 1. The van der Waals surface area contributed by atoms with Crippen LogP contribution in [0.15, 0.2) is 0 Å². The lowest BCUT2D eigenvalue weighted by Gasteiger charge is -2.39. The van der Waals surface area contributed by atoms with Crippen LogP contribution in [0, 0.1) is 0 Å². The van der Waals surface area contributed by atoms with Gasteiger partial charge in [0.2, 0.25) is 0 Å². The van der Waals surface area contributed by atoms with Crippen molar-refractivity contribution in [1.29, 1.82) is 0 Å². The zero-order valence-corrected chi connectivity index (χ0v) is 9.03. The van der Waals surface area contributed by atoms with Gasteiger partial charge in [-0.1, -0.05) is 0 Å². The van der Waals surface area contributed by atoms with Gasteiger partial charge in [-0.3, -0.25) is 4.90 Å². The molecule has 0 aromatic carbocycles. The smallest absolute Gasteiger partial charge is 0.104 e. The summed E-state index contributed by atoms with van der Waals surface area (Å²) in [5, 5.41) is 9.43. The van der Waals surface area contributed by atoms with Gasteiger partial charge >= 0.3 is 0 Å². The summed E-state index contributed by atoms with van der Waals surface area (Å²) in [4.78, 5) is 1.98. The number of hydrogen-bond donors (Lipinski definition) is 1. The van der Waals surface area contributed by atoms with Gasteiger partial charge in [0.1, 0.15) is 6.23 Å². The van der Waals surface area contributed by atoms with E-state index in [1.54, 1.807) is 6.92 Å². The summed E-state index contributed by atoms with van der Waals surface area (Å²) in [6.07, 6.45) is 2.41. The van der Waals surface area contributed by atoms with Crippen LogP contribution in [0.3, 0.4) is 0 Å². The van der Waals surface area contributed by atoms with Gasteiger partial charge in [-0.25, -0.2) is 0 Å². The van der Waals surface area contributed by atoms with Crippen molar-refractivity contribution in [2.75, 3.05) is 7.05 Å². The Bertz CT molecular complexity index is 161. The molecule has 0 aliphatic carbocycles. The van der Waals surface area contributed by atoms with Crippen LogP contribution in [0.5, 0.6) is 0 Å². The summed E-state index contributed by atoms with van der Waals surface area (Å²) in [6, 6.07) is 0.358. The minimum atomic E-state index is -0.385. The summed E-state index contributed by atoms with van der Waals surface area (Å²) in [7, 11) is 1.95. The number of rotatable bonds is 2. The molecular weight excluding hydrogens is 166 g/mol. The van der Waals surface area contributed by atoms with Crippen LogP contribution in [0.4, 0.5) is 0 Å². The Morgan fingerprint density at radius 1 is 1.38 bits per heavy atom. The molecule has 1 N–H and O–H groups in total. The number of likely N-dealkylation sites (N-methyl/N-ethyl adjacent to an activating group) is 1. The molecule has 1 rings (SSSR count). The Morgan fingerprint density at radius 2 is 2.00 bits per heavy atom. The molecule has 3 heteroatoms. The van der Waals surface area contributed by atoms with Crippen molar-refractivity contribution in [2.45, 2.75) is 58.1 Å². The van der Waals surface area contributed by atoms with Crippen LogP contribution in [-0.4, -0.2) is 41.5 Å². The van der Waals surface area contributed by atoms with Crippen molar-refractivity contribution in [3.63, 3.8) is 0 Å². The largest absolute Gasteiger partial charge is 0.379 e. The van der Waals surface area contributed by atoms with Crippen molar-refractivity contribution in [3.05, 3.63) is 0 Å². The first-order chi connectivity index (χ1) is 6.02. The lowest BCUT2D eigenvalue weighted by molar-refractivity contribution is -0.109. The Morgan fingerprint density at radius 3 is 2.46 bits per heavy atom. The number of hydrogen-bond acceptors (Lipinski definition) is 3. The topological polar surface area (TPSA) is 32.7 Å². The summed E-state index contributed by atoms with van der Waals surface area (Å²) >= 11 is 0. The SMILES string of the molecule is CC(O)N(C)C1CC[C@H](C)O[C@@H]1C. The Kier molecular flexibility index (Phi) is 3.71. The van der Waals surface area contributed by atoms with Crippen LogP contribution in [0.25, 0.3) is 0 Å². The molecule has 1 saturated heterocycles. The average Bonchev–Trinajstić information content (AvgIpc) is 2.03. The van der Waals surface area contributed by atoms with Crippen LogP contribution >= 0.6 is 0 Å². The van der Waals surface area contributed by atoms with E-state index in [2.05, 4.69) is 13.8 Å². The molecule has 4 atom stereocenters. The Balaban J connectivity index is 2.50. The number of ether oxygens (including phenoxy) is 1. The molecule has 0 bridgehead atoms. The van der Waals surface area contributed by atoms with Crippen molar-refractivity contribution < 1.29 is 9.84 Å². The molecule has 13 heavy (non-hydrogen) atoms. The highest BCUT2D eigenvalue weighted by molar-refractivity contribution is 4.81. The van der Waals surface area contributed by atoms with Crippen LogP contribution in [0.2, 0.25) is 0 Å². The van der Waals surface area contributed by atoms with Crippen LogP contribution < -0.4 is 0 Å². The molecule has 0 amide bonds. The molecule has 0 radical (unpaired) electrons. The second kappa shape index (κ2) is 4.40. The van der Waals surface area contributed by atoms with Gasteiger partial charge in [-0.15, -0.1) is 0 Å². The van der Waals surface area contributed by atoms with Crippen molar-refractivity contribution in [1.82, 2.24) is 4.90 Å². The van der Waals surface area contributed by atoms with Gasteiger partial charge < -0.3 is 9.84 Å². The molecule has 0 spiro atoms. The first-order valence-electron chi connectivity index (χ1n) is 5.08.